The zero-order valence-corrected chi connectivity index (χ0v) is 6.00. The van der Waals surface area contributed by atoms with Crippen molar-refractivity contribution < 1.29 is 32.0 Å². The largest absolute Gasteiger partial charge is 2.00 e. The number of rotatable bonds is 1. The van der Waals surface area contributed by atoms with E-state index in [0.717, 1.165) is 0 Å². The Morgan fingerprint density at radius 2 is 1.00 bits per heavy atom. The van der Waals surface area contributed by atoms with Crippen LogP contribution < -0.4 is 0 Å². The summed E-state index contributed by atoms with van der Waals surface area (Å²) in [6.45, 7) is 0.472. The van der Waals surface area contributed by atoms with Gasteiger partial charge in [0.1, 0.15) is 0 Å². The van der Waals surface area contributed by atoms with E-state index < -0.39 is 0 Å². The Bertz CT molecular complexity index is 17.2. The Balaban J connectivity index is -0.00000000750. The molecule has 0 heterocycles. The van der Waals surface area contributed by atoms with E-state index in [9.17, 15) is 0 Å². The van der Waals surface area contributed by atoms with Crippen LogP contribution in [0.1, 0.15) is 7.43 Å². The average Bonchev–Trinajstić information content (AvgIpc) is 1.37. The molecule has 4 nitrogen and oxygen atoms in total. The fraction of sp³-hybridized carbons (Fsp3) is 1.00. The summed E-state index contributed by atoms with van der Waals surface area (Å²) in [7, 11) is 0. The predicted molar refractivity (Wildman–Crippen MR) is 32.3 cm³/mol. The summed E-state index contributed by atoms with van der Waals surface area (Å²) in [5.74, 6) is 0. The first-order valence-electron chi connectivity index (χ1n) is 1.21. The van der Waals surface area contributed by atoms with Crippen molar-refractivity contribution in [1.82, 2.24) is 0 Å². The Kier molecular flexibility index (Phi) is 244. The van der Waals surface area contributed by atoms with E-state index in [1.165, 1.54) is 0 Å². The molecule has 0 atom stereocenters. The Labute approximate surface area is 64.5 Å². The van der Waals surface area contributed by atoms with Crippen LogP contribution in [0.25, 0.3) is 11.5 Å². The second-order valence-corrected chi connectivity index (χ2v) is 0.500. The van der Waals surface area contributed by atoms with Gasteiger partial charge in [-0.3, -0.25) is 0 Å². The van der Waals surface area contributed by atoms with Crippen molar-refractivity contribution in [2.24, 2.45) is 0 Å². The van der Waals surface area contributed by atoms with E-state index >= 15 is 0 Å². The fourth-order valence-corrected chi connectivity index (χ4v) is 0. The van der Waals surface area contributed by atoms with Crippen molar-refractivity contribution >= 4 is 0 Å². The molecule has 8 heavy (non-hydrogen) atoms. The Morgan fingerprint density at radius 1 is 0.875 bits per heavy atom. The zero-order chi connectivity index (χ0) is 3.41. The minimum Gasteiger partial charge on any atom is -0.679 e. The molecule has 0 unspecified atom stereocenters. The van der Waals surface area contributed by atoms with Crippen molar-refractivity contribution in [3.8, 4) is 0 Å². The molecule has 0 rings (SSSR count). The predicted octanol–water partition coefficient (Wildman–Crippen LogP) is 0.0750. The first-order chi connectivity index (χ1) is 1.91. The van der Waals surface area contributed by atoms with Crippen LogP contribution in [0.15, 0.2) is 0 Å². The number of hydrogen-bond donors (Lipinski definition) is 0. The monoisotopic (exact) mass is 305 g/mol. The van der Waals surface area contributed by atoms with E-state index in [1.54, 1.807) is 0 Å². The van der Waals surface area contributed by atoms with Crippen LogP contribution in [0.2, 0.25) is 0 Å². The van der Waals surface area contributed by atoms with E-state index in [2.05, 4.69) is 0 Å². The van der Waals surface area contributed by atoms with Gasteiger partial charge in [0.2, 0.25) is 0 Å². The summed E-state index contributed by atoms with van der Waals surface area (Å²) in [4.78, 5) is 0. The van der Waals surface area contributed by atoms with Crippen LogP contribution in [0.4, 0.5) is 0 Å². The molecular weight excluding hydrogens is 291 g/mol. The molecule has 0 aromatic rings. The maximum atomic E-state index is 6.26. The molecule has 5 heteroatoms. The van der Waals surface area contributed by atoms with Crippen molar-refractivity contribution in [3.63, 3.8) is 0 Å². The topological polar surface area (TPSA) is 111 Å². The van der Waals surface area contributed by atoms with Crippen LogP contribution in [-0.2, 0) is 21.1 Å². The third-order valence-electron chi connectivity index (χ3n) is 0.125. The van der Waals surface area contributed by atoms with Gasteiger partial charge >= 0.3 is 21.1 Å². The van der Waals surface area contributed by atoms with Crippen LogP contribution in [0, 0.1) is 0 Å². The first kappa shape index (κ1) is 38.8. The molecule has 58 valence electrons. The van der Waals surface area contributed by atoms with E-state index in [1.807, 2.05) is 0 Å². The van der Waals surface area contributed by atoms with Gasteiger partial charge in [-0.15, -0.1) is 0 Å². The molecule has 0 radical (unpaired) electrons. The fourth-order valence-electron chi connectivity index (χ4n) is 0. The number of nitrogens with one attached hydrogen (secondary N) is 2. The van der Waals surface area contributed by atoms with Crippen LogP contribution >= 0.6 is 0 Å². The summed E-state index contributed by atoms with van der Waals surface area (Å²) >= 11 is 0. The Morgan fingerprint density at radius 3 is 1.00 bits per heavy atom. The standard InChI is InChI=1S/C2H6N2.CH4.2H2O.Pt/c3-1-2-4;;;;/h3-4H,1-2H2;1H4;2*1H2;/q-2;;;;+2. The SMILES string of the molecule is C.O.O.[NH-]CC[NH-].[Pt+2]. The third kappa shape index (κ3) is 85.4. The molecule has 0 spiro atoms. The van der Waals surface area contributed by atoms with Crippen molar-refractivity contribution in [2.75, 3.05) is 13.1 Å². The maximum Gasteiger partial charge on any atom is 2.00 e. The molecule has 0 amide bonds. The molecule has 0 aromatic heterocycles. The molecule has 0 aliphatic carbocycles. The van der Waals surface area contributed by atoms with Gasteiger partial charge in [-0.05, 0) is 0 Å². The first-order valence-corrected chi connectivity index (χ1v) is 1.21. The molecule has 0 aliphatic heterocycles. The molecule has 0 saturated heterocycles. The second-order valence-electron chi connectivity index (χ2n) is 0.500. The molecule has 0 saturated carbocycles. The van der Waals surface area contributed by atoms with Crippen molar-refractivity contribution in [2.45, 2.75) is 7.43 Å². The summed E-state index contributed by atoms with van der Waals surface area (Å²) < 4.78 is 0. The zero-order valence-electron chi connectivity index (χ0n) is 3.73. The molecule has 0 bridgehead atoms. The third-order valence-corrected chi connectivity index (χ3v) is 0.125. The quantitative estimate of drug-likeness (QED) is 0.653. The maximum absolute atomic E-state index is 6.26. The summed E-state index contributed by atoms with van der Waals surface area (Å²) in [5, 5.41) is 0. The van der Waals surface area contributed by atoms with Crippen LogP contribution in [0.5, 0.6) is 0 Å². The summed E-state index contributed by atoms with van der Waals surface area (Å²) in [6, 6.07) is 0. The van der Waals surface area contributed by atoms with Gasteiger partial charge in [0.25, 0.3) is 0 Å². The van der Waals surface area contributed by atoms with Gasteiger partial charge in [-0.2, -0.15) is 13.1 Å². The average molecular weight is 305 g/mol. The van der Waals surface area contributed by atoms with E-state index in [0.29, 0.717) is 0 Å². The van der Waals surface area contributed by atoms with E-state index in [-0.39, 0.29) is 52.5 Å². The van der Waals surface area contributed by atoms with Crippen LogP contribution in [0.3, 0.4) is 0 Å². The second kappa shape index (κ2) is 50.2. The van der Waals surface area contributed by atoms with Gasteiger partial charge in [0.15, 0.2) is 0 Å². The molecular formula is C3H14N2O2Pt. The van der Waals surface area contributed by atoms with E-state index in [4.69, 9.17) is 11.5 Å². The number of hydrogen-bond acceptors (Lipinski definition) is 0. The van der Waals surface area contributed by atoms with Gasteiger partial charge in [-0.1, -0.05) is 7.43 Å². The molecule has 0 aromatic carbocycles. The van der Waals surface area contributed by atoms with Gasteiger partial charge in [-0.25, -0.2) is 0 Å². The van der Waals surface area contributed by atoms with Crippen LogP contribution in [-0.4, -0.2) is 24.0 Å². The van der Waals surface area contributed by atoms with Crippen molar-refractivity contribution in [1.29, 1.82) is 0 Å². The van der Waals surface area contributed by atoms with Gasteiger partial charge in [0, 0.05) is 0 Å². The summed E-state index contributed by atoms with van der Waals surface area (Å²) in [6.07, 6.45) is 0. The normalized spacial score (nSPS) is 3.75. The minimum atomic E-state index is 0. The van der Waals surface area contributed by atoms with Crippen molar-refractivity contribution in [3.05, 3.63) is 11.5 Å². The van der Waals surface area contributed by atoms with Gasteiger partial charge < -0.3 is 22.4 Å². The summed E-state index contributed by atoms with van der Waals surface area (Å²) in [5.41, 5.74) is 12.5. The molecule has 6 N–H and O–H groups in total. The minimum absolute atomic E-state index is 0. The van der Waals surface area contributed by atoms with Gasteiger partial charge in [0.05, 0.1) is 0 Å². The Hall–Kier alpha value is 0.528. The molecule has 0 aliphatic rings. The smallest absolute Gasteiger partial charge is 0.679 e. The molecule has 0 fully saturated rings.